The molecule has 1 fully saturated rings. The summed E-state index contributed by atoms with van der Waals surface area (Å²) in [6, 6.07) is 0. The average Bonchev–Trinajstić information content (AvgIpc) is 2.39. The first kappa shape index (κ1) is 18.9. The molecule has 1 aliphatic rings. The van der Waals surface area contributed by atoms with Gasteiger partial charge in [0.15, 0.2) is 0 Å². The predicted molar refractivity (Wildman–Crippen MR) is 81.4 cm³/mol. The van der Waals surface area contributed by atoms with E-state index in [1.807, 2.05) is 46.4 Å². The van der Waals surface area contributed by atoms with Crippen LogP contribution in [0.2, 0.25) is 0 Å². The zero-order chi connectivity index (χ0) is 15.8. The molecule has 0 aliphatic carbocycles. The molecule has 1 heterocycles. The van der Waals surface area contributed by atoms with E-state index in [-0.39, 0.29) is 11.9 Å². The van der Waals surface area contributed by atoms with Gasteiger partial charge < -0.3 is 9.64 Å². The van der Waals surface area contributed by atoms with Crippen molar-refractivity contribution in [2.24, 2.45) is 5.92 Å². The number of amides is 1. The van der Waals surface area contributed by atoms with Crippen LogP contribution in [0, 0.1) is 5.92 Å². The Labute approximate surface area is 123 Å². The van der Waals surface area contributed by atoms with E-state index in [1.165, 1.54) is 0 Å². The minimum atomic E-state index is -0.407. The molecule has 4 heteroatoms. The molecule has 0 N–H and O–H groups in total. The van der Waals surface area contributed by atoms with Crippen molar-refractivity contribution >= 4 is 11.9 Å². The summed E-state index contributed by atoms with van der Waals surface area (Å²) in [6.45, 7) is 13.1. The number of piperidine rings is 1. The minimum Gasteiger partial charge on any atom is -0.460 e. The number of carbonyl (C=O) groups is 2. The topological polar surface area (TPSA) is 46.6 Å². The third kappa shape index (κ3) is 7.51. The lowest BCUT2D eigenvalue weighted by atomic mass is 9.93. The monoisotopic (exact) mass is 285 g/mol. The van der Waals surface area contributed by atoms with E-state index in [2.05, 4.69) is 0 Å². The van der Waals surface area contributed by atoms with Gasteiger partial charge in [-0.3, -0.25) is 9.59 Å². The van der Waals surface area contributed by atoms with Crippen LogP contribution in [0.5, 0.6) is 0 Å². The molecule has 0 unspecified atom stereocenters. The fourth-order valence-electron chi connectivity index (χ4n) is 2.23. The van der Waals surface area contributed by atoms with Crippen molar-refractivity contribution in [2.45, 2.75) is 72.8 Å². The normalized spacial score (nSPS) is 16.2. The highest BCUT2D eigenvalue weighted by Gasteiger charge is 2.25. The summed E-state index contributed by atoms with van der Waals surface area (Å²) in [5, 5.41) is 0. The molecular weight excluding hydrogens is 254 g/mol. The maximum atomic E-state index is 11.7. The van der Waals surface area contributed by atoms with Gasteiger partial charge in [0.1, 0.15) is 5.60 Å². The molecule has 118 valence electrons. The second-order valence-electron chi connectivity index (χ2n) is 5.97. The molecule has 0 saturated carbocycles. The zero-order valence-corrected chi connectivity index (χ0v) is 14.0. The van der Waals surface area contributed by atoms with Gasteiger partial charge in [-0.1, -0.05) is 20.8 Å². The molecule has 1 aliphatic heterocycles. The summed E-state index contributed by atoms with van der Waals surface area (Å²) in [6.07, 6.45) is 2.86. The Morgan fingerprint density at radius 3 is 2.05 bits per heavy atom. The molecule has 0 bridgehead atoms. The first-order valence-corrected chi connectivity index (χ1v) is 7.81. The SMILES string of the molecule is CC.CCC(=O)N1CCC(CC(=O)OC(C)(C)C)CC1. The summed E-state index contributed by atoms with van der Waals surface area (Å²) >= 11 is 0. The molecule has 1 rings (SSSR count). The van der Waals surface area contributed by atoms with Crippen molar-refractivity contribution in [2.75, 3.05) is 13.1 Å². The third-order valence-corrected chi connectivity index (χ3v) is 3.15. The first-order valence-electron chi connectivity index (χ1n) is 7.81. The Morgan fingerprint density at radius 2 is 1.65 bits per heavy atom. The number of rotatable bonds is 3. The molecule has 0 radical (unpaired) electrons. The van der Waals surface area contributed by atoms with Crippen LogP contribution in [-0.2, 0) is 14.3 Å². The van der Waals surface area contributed by atoms with E-state index in [1.54, 1.807) is 0 Å². The van der Waals surface area contributed by atoms with Gasteiger partial charge in [0, 0.05) is 25.9 Å². The van der Waals surface area contributed by atoms with E-state index in [0.717, 1.165) is 25.9 Å². The van der Waals surface area contributed by atoms with Gasteiger partial charge in [-0.2, -0.15) is 0 Å². The average molecular weight is 285 g/mol. The molecule has 0 atom stereocenters. The van der Waals surface area contributed by atoms with Crippen LogP contribution < -0.4 is 0 Å². The van der Waals surface area contributed by atoms with Crippen LogP contribution in [0.15, 0.2) is 0 Å². The molecule has 0 aromatic heterocycles. The Balaban J connectivity index is 0.00000172. The van der Waals surface area contributed by atoms with E-state index < -0.39 is 5.60 Å². The molecule has 1 saturated heterocycles. The summed E-state index contributed by atoms with van der Waals surface area (Å²) in [4.78, 5) is 25.1. The van der Waals surface area contributed by atoms with Crippen LogP contribution >= 0.6 is 0 Å². The Hall–Kier alpha value is -1.06. The maximum absolute atomic E-state index is 11.7. The number of hydrogen-bond donors (Lipinski definition) is 0. The van der Waals surface area contributed by atoms with Crippen LogP contribution in [0.25, 0.3) is 0 Å². The quantitative estimate of drug-likeness (QED) is 0.747. The van der Waals surface area contributed by atoms with Gasteiger partial charge in [-0.05, 0) is 39.5 Å². The van der Waals surface area contributed by atoms with Gasteiger partial charge in [0.05, 0.1) is 0 Å². The van der Waals surface area contributed by atoms with E-state index in [9.17, 15) is 9.59 Å². The van der Waals surface area contributed by atoms with Gasteiger partial charge in [-0.15, -0.1) is 0 Å². The zero-order valence-electron chi connectivity index (χ0n) is 14.0. The van der Waals surface area contributed by atoms with Crippen LogP contribution in [0.3, 0.4) is 0 Å². The van der Waals surface area contributed by atoms with Crippen LogP contribution in [-0.4, -0.2) is 35.5 Å². The summed E-state index contributed by atoms with van der Waals surface area (Å²) < 4.78 is 5.32. The largest absolute Gasteiger partial charge is 0.460 e. The molecule has 0 aromatic rings. The van der Waals surface area contributed by atoms with Crippen molar-refractivity contribution in [3.8, 4) is 0 Å². The first-order chi connectivity index (χ1) is 9.31. The summed E-state index contributed by atoms with van der Waals surface area (Å²) in [7, 11) is 0. The van der Waals surface area contributed by atoms with Gasteiger partial charge in [0.25, 0.3) is 0 Å². The van der Waals surface area contributed by atoms with Crippen LogP contribution in [0.4, 0.5) is 0 Å². The van der Waals surface area contributed by atoms with Gasteiger partial charge >= 0.3 is 5.97 Å². The van der Waals surface area contributed by atoms with Crippen molar-refractivity contribution in [1.29, 1.82) is 0 Å². The maximum Gasteiger partial charge on any atom is 0.306 e. The Morgan fingerprint density at radius 1 is 1.15 bits per heavy atom. The summed E-state index contributed by atoms with van der Waals surface area (Å²) in [5.41, 5.74) is -0.407. The highest BCUT2D eigenvalue weighted by atomic mass is 16.6. The van der Waals surface area contributed by atoms with Crippen molar-refractivity contribution in [1.82, 2.24) is 4.90 Å². The lowest BCUT2D eigenvalue weighted by Crippen LogP contribution is -2.38. The molecule has 1 amide bonds. The molecule has 0 spiro atoms. The fraction of sp³-hybridized carbons (Fsp3) is 0.875. The fourth-order valence-corrected chi connectivity index (χ4v) is 2.23. The van der Waals surface area contributed by atoms with Crippen molar-refractivity contribution in [3.63, 3.8) is 0 Å². The van der Waals surface area contributed by atoms with E-state index in [0.29, 0.717) is 18.8 Å². The number of hydrogen-bond acceptors (Lipinski definition) is 3. The second-order valence-corrected chi connectivity index (χ2v) is 5.97. The molecular formula is C16H31NO3. The van der Waals surface area contributed by atoms with Crippen molar-refractivity contribution < 1.29 is 14.3 Å². The van der Waals surface area contributed by atoms with E-state index >= 15 is 0 Å². The number of carbonyl (C=O) groups excluding carboxylic acids is 2. The van der Waals surface area contributed by atoms with Gasteiger partial charge in [0.2, 0.25) is 5.91 Å². The lowest BCUT2D eigenvalue weighted by molar-refractivity contribution is -0.156. The smallest absolute Gasteiger partial charge is 0.306 e. The Kier molecular flexibility index (Phi) is 8.51. The minimum absolute atomic E-state index is 0.122. The number of nitrogens with zero attached hydrogens (tertiary/aromatic N) is 1. The molecule has 20 heavy (non-hydrogen) atoms. The summed E-state index contributed by atoms with van der Waals surface area (Å²) in [5.74, 6) is 0.453. The number of ether oxygens (including phenoxy) is 1. The van der Waals surface area contributed by atoms with E-state index in [4.69, 9.17) is 4.74 Å². The number of esters is 1. The third-order valence-electron chi connectivity index (χ3n) is 3.15. The number of likely N-dealkylation sites (tertiary alicyclic amines) is 1. The highest BCUT2D eigenvalue weighted by Crippen LogP contribution is 2.22. The van der Waals surface area contributed by atoms with Crippen LogP contribution in [0.1, 0.15) is 67.2 Å². The van der Waals surface area contributed by atoms with Crippen molar-refractivity contribution in [3.05, 3.63) is 0 Å². The Bertz CT molecular complexity index is 299. The molecule has 0 aromatic carbocycles. The standard InChI is InChI=1S/C14H25NO3.C2H6/c1-5-12(16)15-8-6-11(7-9-15)10-13(17)18-14(2,3)4;1-2/h11H,5-10H2,1-4H3;1-2H3. The highest BCUT2D eigenvalue weighted by molar-refractivity contribution is 5.76. The second kappa shape index (κ2) is 8.98. The predicted octanol–water partition coefficient (Wildman–Crippen LogP) is 3.39. The lowest BCUT2D eigenvalue weighted by Gasteiger charge is -2.32. The molecule has 4 nitrogen and oxygen atoms in total. The van der Waals surface area contributed by atoms with Gasteiger partial charge in [-0.25, -0.2) is 0 Å².